The number of fused-ring (bicyclic) bond motifs is 2. The Morgan fingerprint density at radius 2 is 1.86 bits per heavy atom. The van der Waals surface area contributed by atoms with Gasteiger partial charge < -0.3 is 14.2 Å². The van der Waals surface area contributed by atoms with Crippen molar-refractivity contribution in [2.45, 2.75) is 77.5 Å². The van der Waals surface area contributed by atoms with Crippen LogP contribution in [0.1, 0.15) is 59.8 Å². The maximum atomic E-state index is 12.7. The number of benzene rings is 1. The SMILES string of the molecule is CCOc1ccccc1OCCC1=CC2CCCC(C1)N2C(=O)OC(C)(C)C. The fourth-order valence-corrected chi connectivity index (χ4v) is 4.04. The second kappa shape index (κ2) is 8.89. The zero-order valence-electron chi connectivity index (χ0n) is 17.6. The third kappa shape index (κ3) is 5.21. The number of para-hydroxylation sites is 2. The highest BCUT2D eigenvalue weighted by Crippen LogP contribution is 2.35. The molecule has 5 heteroatoms. The molecule has 0 aliphatic carbocycles. The van der Waals surface area contributed by atoms with Gasteiger partial charge in [-0.15, -0.1) is 0 Å². The number of nitrogens with zero attached hydrogens (tertiary/aromatic N) is 1. The molecule has 2 unspecified atom stereocenters. The van der Waals surface area contributed by atoms with Crippen LogP contribution in [0.25, 0.3) is 0 Å². The summed E-state index contributed by atoms with van der Waals surface area (Å²) >= 11 is 0. The first-order valence-corrected chi connectivity index (χ1v) is 10.4. The molecule has 3 rings (SSSR count). The molecule has 2 aliphatic heterocycles. The summed E-state index contributed by atoms with van der Waals surface area (Å²) in [4.78, 5) is 14.6. The van der Waals surface area contributed by atoms with Crippen molar-refractivity contribution in [3.05, 3.63) is 35.9 Å². The number of piperidine rings is 1. The molecule has 0 N–H and O–H groups in total. The first-order valence-electron chi connectivity index (χ1n) is 10.4. The molecule has 0 spiro atoms. The average Bonchev–Trinajstić information content (AvgIpc) is 2.61. The van der Waals surface area contributed by atoms with Crippen LogP contribution in [-0.4, -0.2) is 41.9 Å². The smallest absolute Gasteiger partial charge is 0.411 e. The fraction of sp³-hybridized carbons (Fsp3) is 0.609. The topological polar surface area (TPSA) is 48.0 Å². The Balaban J connectivity index is 1.60. The molecular formula is C23H33NO4. The zero-order chi connectivity index (χ0) is 20.1. The summed E-state index contributed by atoms with van der Waals surface area (Å²) in [6.07, 6.45) is 7.07. The second-order valence-electron chi connectivity index (χ2n) is 8.55. The van der Waals surface area contributed by atoms with Gasteiger partial charge in [0.05, 0.1) is 19.3 Å². The largest absolute Gasteiger partial charge is 0.490 e. The molecule has 2 heterocycles. The second-order valence-corrected chi connectivity index (χ2v) is 8.55. The van der Waals surface area contributed by atoms with Crippen molar-refractivity contribution in [3.63, 3.8) is 0 Å². The quantitative estimate of drug-likeness (QED) is 0.618. The molecule has 5 nitrogen and oxygen atoms in total. The molecule has 1 saturated heterocycles. The summed E-state index contributed by atoms with van der Waals surface area (Å²) in [7, 11) is 0. The van der Waals surface area contributed by atoms with Crippen LogP contribution in [0, 0.1) is 0 Å². The van der Waals surface area contributed by atoms with Crippen molar-refractivity contribution in [2.24, 2.45) is 0 Å². The van der Waals surface area contributed by atoms with Gasteiger partial charge in [0.25, 0.3) is 0 Å². The Kier molecular flexibility index (Phi) is 6.53. The lowest BCUT2D eigenvalue weighted by Crippen LogP contribution is -2.53. The molecular weight excluding hydrogens is 354 g/mol. The molecule has 2 aliphatic rings. The molecule has 2 atom stereocenters. The van der Waals surface area contributed by atoms with Crippen molar-refractivity contribution in [2.75, 3.05) is 13.2 Å². The van der Waals surface area contributed by atoms with Crippen LogP contribution in [0.15, 0.2) is 35.9 Å². The van der Waals surface area contributed by atoms with Gasteiger partial charge >= 0.3 is 6.09 Å². The van der Waals surface area contributed by atoms with E-state index in [1.807, 2.05) is 56.9 Å². The zero-order valence-corrected chi connectivity index (χ0v) is 17.6. The fourth-order valence-electron chi connectivity index (χ4n) is 4.04. The summed E-state index contributed by atoms with van der Waals surface area (Å²) in [5.41, 5.74) is 0.917. The molecule has 1 amide bonds. The average molecular weight is 388 g/mol. The van der Waals surface area contributed by atoms with E-state index >= 15 is 0 Å². The molecule has 154 valence electrons. The molecule has 1 aromatic carbocycles. The number of amides is 1. The Hall–Kier alpha value is -2.17. The standard InChI is InChI=1S/C23H33NO4/c1-5-26-20-11-6-7-12-21(20)27-14-13-17-15-18-9-8-10-19(16-17)24(18)22(25)28-23(2,3)4/h6-7,11-12,15,18-19H,5,8-10,13-14,16H2,1-4H3. The summed E-state index contributed by atoms with van der Waals surface area (Å²) in [5.74, 6) is 1.58. The molecule has 1 fully saturated rings. The summed E-state index contributed by atoms with van der Waals surface area (Å²) in [6.45, 7) is 8.96. The van der Waals surface area contributed by atoms with Crippen LogP contribution >= 0.6 is 0 Å². The molecule has 28 heavy (non-hydrogen) atoms. The van der Waals surface area contributed by atoms with Gasteiger partial charge in [-0.2, -0.15) is 0 Å². The predicted molar refractivity (Wildman–Crippen MR) is 110 cm³/mol. The minimum Gasteiger partial charge on any atom is -0.490 e. The van der Waals surface area contributed by atoms with Crippen LogP contribution in [0.4, 0.5) is 4.79 Å². The Morgan fingerprint density at radius 1 is 1.14 bits per heavy atom. The van der Waals surface area contributed by atoms with Crippen molar-refractivity contribution >= 4 is 6.09 Å². The van der Waals surface area contributed by atoms with Crippen LogP contribution in [-0.2, 0) is 4.74 Å². The summed E-state index contributed by atoms with van der Waals surface area (Å²) < 4.78 is 17.2. The van der Waals surface area contributed by atoms with Gasteiger partial charge in [0, 0.05) is 12.5 Å². The normalized spacial score (nSPS) is 21.7. The first kappa shape index (κ1) is 20.6. The highest BCUT2D eigenvalue weighted by Gasteiger charge is 2.38. The van der Waals surface area contributed by atoms with Gasteiger partial charge in [0.2, 0.25) is 0 Å². The monoisotopic (exact) mass is 387 g/mol. The minimum absolute atomic E-state index is 0.146. The highest BCUT2D eigenvalue weighted by atomic mass is 16.6. The molecule has 1 aromatic rings. The van der Waals surface area contributed by atoms with E-state index in [0.717, 1.165) is 43.6 Å². The number of ether oxygens (including phenoxy) is 3. The van der Waals surface area contributed by atoms with Gasteiger partial charge in [-0.05, 0) is 65.5 Å². The summed E-state index contributed by atoms with van der Waals surface area (Å²) in [6, 6.07) is 8.17. The molecule has 0 saturated carbocycles. The first-order chi connectivity index (χ1) is 13.4. The number of hydrogen-bond donors (Lipinski definition) is 0. The van der Waals surface area contributed by atoms with E-state index in [4.69, 9.17) is 14.2 Å². The maximum Gasteiger partial charge on any atom is 0.411 e. The van der Waals surface area contributed by atoms with Gasteiger partial charge in [-0.3, -0.25) is 4.90 Å². The van der Waals surface area contributed by atoms with Crippen LogP contribution < -0.4 is 9.47 Å². The Bertz CT molecular complexity index is 707. The van der Waals surface area contributed by atoms with Crippen molar-refractivity contribution in [1.29, 1.82) is 0 Å². The van der Waals surface area contributed by atoms with E-state index in [-0.39, 0.29) is 18.2 Å². The van der Waals surface area contributed by atoms with E-state index < -0.39 is 5.60 Å². The van der Waals surface area contributed by atoms with Crippen molar-refractivity contribution in [3.8, 4) is 11.5 Å². The third-order valence-electron chi connectivity index (χ3n) is 5.15. The molecule has 0 aromatic heterocycles. The summed E-state index contributed by atoms with van der Waals surface area (Å²) in [5, 5.41) is 0. The van der Waals surface area contributed by atoms with Crippen molar-refractivity contribution < 1.29 is 19.0 Å². The highest BCUT2D eigenvalue weighted by molar-refractivity contribution is 5.70. The number of carbonyl (C=O) groups is 1. The van der Waals surface area contributed by atoms with Gasteiger partial charge in [-0.25, -0.2) is 4.79 Å². The van der Waals surface area contributed by atoms with Crippen molar-refractivity contribution in [1.82, 2.24) is 4.90 Å². The Morgan fingerprint density at radius 3 is 2.50 bits per heavy atom. The molecule has 0 radical (unpaired) electrons. The van der Waals surface area contributed by atoms with Gasteiger partial charge in [-0.1, -0.05) is 23.8 Å². The van der Waals surface area contributed by atoms with E-state index in [1.54, 1.807) is 0 Å². The van der Waals surface area contributed by atoms with E-state index in [2.05, 4.69) is 6.08 Å². The maximum absolute atomic E-state index is 12.7. The van der Waals surface area contributed by atoms with Gasteiger partial charge in [0.1, 0.15) is 5.60 Å². The lowest BCUT2D eigenvalue weighted by Gasteiger charge is -2.45. The lowest BCUT2D eigenvalue weighted by molar-refractivity contribution is -0.00165. The van der Waals surface area contributed by atoms with E-state index in [9.17, 15) is 4.79 Å². The predicted octanol–water partition coefficient (Wildman–Crippen LogP) is 5.34. The molecule has 2 bridgehead atoms. The lowest BCUT2D eigenvalue weighted by atomic mass is 9.84. The number of carbonyl (C=O) groups excluding carboxylic acids is 1. The van der Waals surface area contributed by atoms with Crippen LogP contribution in [0.5, 0.6) is 11.5 Å². The van der Waals surface area contributed by atoms with E-state index in [1.165, 1.54) is 5.57 Å². The number of hydrogen-bond acceptors (Lipinski definition) is 4. The Labute approximate surface area is 168 Å². The number of rotatable bonds is 6. The van der Waals surface area contributed by atoms with Crippen LogP contribution in [0.3, 0.4) is 0 Å². The van der Waals surface area contributed by atoms with E-state index in [0.29, 0.717) is 13.2 Å². The van der Waals surface area contributed by atoms with Gasteiger partial charge in [0.15, 0.2) is 11.5 Å². The van der Waals surface area contributed by atoms with Crippen LogP contribution in [0.2, 0.25) is 0 Å². The minimum atomic E-state index is -0.461. The third-order valence-corrected chi connectivity index (χ3v) is 5.15.